The van der Waals surface area contributed by atoms with Crippen LogP contribution in [0.5, 0.6) is 6.01 Å². The average molecular weight is 181 g/mol. The van der Waals surface area contributed by atoms with Gasteiger partial charge in [0.2, 0.25) is 0 Å². The molecule has 0 aromatic carbocycles. The standard InChI is InChI=1S/C9H15N3O/c1-3-10-4-5-13-9-11-6-8(2)7-12-9/h6-7,10H,3-5H2,1-2H3. The molecule has 0 amide bonds. The van der Waals surface area contributed by atoms with Crippen LogP contribution in [-0.4, -0.2) is 29.7 Å². The van der Waals surface area contributed by atoms with E-state index >= 15 is 0 Å². The average Bonchev–Trinajstić information content (AvgIpc) is 2.15. The lowest BCUT2D eigenvalue weighted by molar-refractivity contribution is 0.291. The lowest BCUT2D eigenvalue weighted by atomic mass is 10.4. The molecule has 0 aliphatic carbocycles. The van der Waals surface area contributed by atoms with E-state index < -0.39 is 0 Å². The molecule has 0 unspecified atom stereocenters. The fraction of sp³-hybridized carbons (Fsp3) is 0.556. The minimum absolute atomic E-state index is 0.448. The summed E-state index contributed by atoms with van der Waals surface area (Å²) in [5, 5.41) is 3.15. The normalized spacial score (nSPS) is 10.0. The van der Waals surface area contributed by atoms with Gasteiger partial charge in [0.05, 0.1) is 0 Å². The van der Waals surface area contributed by atoms with Crippen LogP contribution in [0.4, 0.5) is 0 Å². The van der Waals surface area contributed by atoms with Crippen molar-refractivity contribution < 1.29 is 4.74 Å². The number of hydrogen-bond acceptors (Lipinski definition) is 4. The zero-order valence-corrected chi connectivity index (χ0v) is 8.08. The first-order valence-electron chi connectivity index (χ1n) is 4.45. The second-order valence-corrected chi connectivity index (χ2v) is 2.75. The lowest BCUT2D eigenvalue weighted by Gasteiger charge is -2.03. The van der Waals surface area contributed by atoms with Crippen molar-refractivity contribution in [3.8, 4) is 6.01 Å². The first-order valence-corrected chi connectivity index (χ1v) is 4.45. The number of ether oxygens (including phenoxy) is 1. The molecule has 0 saturated heterocycles. The lowest BCUT2D eigenvalue weighted by Crippen LogP contribution is -2.20. The zero-order valence-electron chi connectivity index (χ0n) is 8.08. The maximum Gasteiger partial charge on any atom is 0.316 e. The van der Waals surface area contributed by atoms with Crippen molar-refractivity contribution in [1.82, 2.24) is 15.3 Å². The Hall–Kier alpha value is -1.16. The van der Waals surface area contributed by atoms with Crippen molar-refractivity contribution in [2.24, 2.45) is 0 Å². The first-order chi connectivity index (χ1) is 6.33. The summed E-state index contributed by atoms with van der Waals surface area (Å²) in [6.07, 6.45) is 3.49. The molecular formula is C9H15N3O. The molecule has 0 saturated carbocycles. The Labute approximate surface area is 78.4 Å². The molecule has 4 nitrogen and oxygen atoms in total. The summed E-state index contributed by atoms with van der Waals surface area (Å²) in [6.45, 7) is 6.40. The monoisotopic (exact) mass is 181 g/mol. The molecule has 0 radical (unpaired) electrons. The van der Waals surface area contributed by atoms with Crippen LogP contribution in [0.2, 0.25) is 0 Å². The van der Waals surface area contributed by atoms with Crippen LogP contribution in [-0.2, 0) is 0 Å². The quantitative estimate of drug-likeness (QED) is 0.682. The van der Waals surface area contributed by atoms with Crippen LogP contribution >= 0.6 is 0 Å². The predicted octanol–water partition coefficient (Wildman–Crippen LogP) is 0.773. The molecule has 4 heteroatoms. The van der Waals surface area contributed by atoms with Crippen LogP contribution in [0.3, 0.4) is 0 Å². The largest absolute Gasteiger partial charge is 0.462 e. The summed E-state index contributed by atoms with van der Waals surface area (Å²) in [4.78, 5) is 8.03. The maximum atomic E-state index is 5.28. The molecule has 1 rings (SSSR count). The van der Waals surface area contributed by atoms with Gasteiger partial charge in [-0.25, -0.2) is 9.97 Å². The summed E-state index contributed by atoms with van der Waals surface area (Å²) >= 11 is 0. The molecule has 13 heavy (non-hydrogen) atoms. The van der Waals surface area contributed by atoms with Crippen LogP contribution in [0, 0.1) is 6.92 Å². The van der Waals surface area contributed by atoms with E-state index in [4.69, 9.17) is 4.74 Å². The van der Waals surface area contributed by atoms with E-state index in [2.05, 4.69) is 22.2 Å². The van der Waals surface area contributed by atoms with Gasteiger partial charge in [-0.15, -0.1) is 0 Å². The molecule has 0 fully saturated rings. The molecule has 0 atom stereocenters. The zero-order chi connectivity index (χ0) is 9.52. The first kappa shape index (κ1) is 9.92. The van der Waals surface area contributed by atoms with Crippen LogP contribution in [0.1, 0.15) is 12.5 Å². The number of nitrogens with zero attached hydrogens (tertiary/aromatic N) is 2. The van der Waals surface area contributed by atoms with Gasteiger partial charge in [0.15, 0.2) is 0 Å². The van der Waals surface area contributed by atoms with E-state index in [0.717, 1.165) is 18.7 Å². The van der Waals surface area contributed by atoms with Gasteiger partial charge >= 0.3 is 6.01 Å². The molecule has 1 aromatic heterocycles. The highest BCUT2D eigenvalue weighted by atomic mass is 16.5. The second-order valence-electron chi connectivity index (χ2n) is 2.75. The van der Waals surface area contributed by atoms with E-state index in [9.17, 15) is 0 Å². The van der Waals surface area contributed by atoms with E-state index in [1.807, 2.05) is 6.92 Å². The minimum atomic E-state index is 0.448. The maximum absolute atomic E-state index is 5.28. The van der Waals surface area contributed by atoms with Crippen molar-refractivity contribution in [3.63, 3.8) is 0 Å². The fourth-order valence-electron chi connectivity index (χ4n) is 0.847. The third kappa shape index (κ3) is 3.85. The van der Waals surface area contributed by atoms with Crippen LogP contribution in [0.25, 0.3) is 0 Å². The minimum Gasteiger partial charge on any atom is -0.462 e. The number of aromatic nitrogens is 2. The van der Waals surface area contributed by atoms with E-state index in [1.54, 1.807) is 12.4 Å². The van der Waals surface area contributed by atoms with Crippen LogP contribution < -0.4 is 10.1 Å². The smallest absolute Gasteiger partial charge is 0.316 e. The number of hydrogen-bond donors (Lipinski definition) is 1. The Morgan fingerprint density at radius 2 is 2.08 bits per heavy atom. The highest BCUT2D eigenvalue weighted by molar-refractivity contribution is 5.04. The van der Waals surface area contributed by atoms with Gasteiger partial charge in [-0.05, 0) is 19.0 Å². The van der Waals surface area contributed by atoms with Gasteiger partial charge in [0.25, 0.3) is 0 Å². The van der Waals surface area contributed by atoms with Crippen molar-refractivity contribution in [1.29, 1.82) is 0 Å². The SMILES string of the molecule is CCNCCOc1ncc(C)cn1. The number of nitrogens with one attached hydrogen (secondary N) is 1. The topological polar surface area (TPSA) is 47.0 Å². The Morgan fingerprint density at radius 3 is 2.69 bits per heavy atom. The summed E-state index contributed by atoms with van der Waals surface area (Å²) in [5.74, 6) is 0. The molecule has 72 valence electrons. The summed E-state index contributed by atoms with van der Waals surface area (Å²) in [7, 11) is 0. The number of rotatable bonds is 5. The Bertz CT molecular complexity index is 235. The van der Waals surface area contributed by atoms with E-state index in [0.29, 0.717) is 12.6 Å². The van der Waals surface area contributed by atoms with Gasteiger partial charge in [0, 0.05) is 18.9 Å². The highest BCUT2D eigenvalue weighted by Gasteiger charge is 1.94. The second kappa shape index (κ2) is 5.48. The number of likely N-dealkylation sites (N-methyl/N-ethyl adjacent to an activating group) is 1. The molecule has 1 aromatic rings. The summed E-state index contributed by atoms with van der Waals surface area (Å²) in [6, 6.07) is 0.448. The molecule has 0 aliphatic rings. The van der Waals surface area contributed by atoms with Crippen LogP contribution in [0.15, 0.2) is 12.4 Å². The molecule has 0 bridgehead atoms. The number of aryl methyl sites for hydroxylation is 1. The van der Waals surface area contributed by atoms with Crippen molar-refractivity contribution in [3.05, 3.63) is 18.0 Å². The Morgan fingerprint density at radius 1 is 1.38 bits per heavy atom. The summed E-state index contributed by atoms with van der Waals surface area (Å²) < 4.78 is 5.28. The highest BCUT2D eigenvalue weighted by Crippen LogP contribution is 1.99. The van der Waals surface area contributed by atoms with Gasteiger partial charge < -0.3 is 10.1 Å². The van der Waals surface area contributed by atoms with Crippen molar-refractivity contribution >= 4 is 0 Å². The van der Waals surface area contributed by atoms with Gasteiger partial charge in [0.1, 0.15) is 6.61 Å². The molecule has 1 N–H and O–H groups in total. The molecular weight excluding hydrogens is 166 g/mol. The van der Waals surface area contributed by atoms with Crippen molar-refractivity contribution in [2.45, 2.75) is 13.8 Å². The summed E-state index contributed by atoms with van der Waals surface area (Å²) in [5.41, 5.74) is 1.04. The van der Waals surface area contributed by atoms with Gasteiger partial charge in [-0.1, -0.05) is 6.92 Å². The van der Waals surface area contributed by atoms with Gasteiger partial charge in [-0.3, -0.25) is 0 Å². The third-order valence-corrected chi connectivity index (χ3v) is 1.52. The molecule has 1 heterocycles. The molecule has 0 aliphatic heterocycles. The third-order valence-electron chi connectivity index (χ3n) is 1.52. The van der Waals surface area contributed by atoms with E-state index in [1.165, 1.54) is 0 Å². The van der Waals surface area contributed by atoms with Gasteiger partial charge in [-0.2, -0.15) is 0 Å². The molecule has 0 spiro atoms. The fourth-order valence-corrected chi connectivity index (χ4v) is 0.847. The predicted molar refractivity (Wildman–Crippen MR) is 50.8 cm³/mol. The van der Waals surface area contributed by atoms with E-state index in [-0.39, 0.29) is 0 Å². The Balaban J connectivity index is 2.25. The Kier molecular flexibility index (Phi) is 4.18. The van der Waals surface area contributed by atoms with Crippen molar-refractivity contribution in [2.75, 3.05) is 19.7 Å².